The molecule has 1 aliphatic rings. The standard InChI is InChI=1S/C21H27F3N4O3/c1-5-16(27-19(30)31-20(2,3)4)18(29)26-15-8-9-28(12-15)17-10-14(21(22,23)24)7-6-13(17)11-25/h6-7,10,15-16H,5,8-9,12H2,1-4H3,(H,26,29)(H,27,30)/t15-,16-/m0/s1. The molecule has 1 saturated heterocycles. The van der Waals surface area contributed by atoms with Crippen LogP contribution in [0.1, 0.15) is 51.7 Å². The maximum absolute atomic E-state index is 13.1. The van der Waals surface area contributed by atoms with Crippen LogP contribution in [0.2, 0.25) is 0 Å². The van der Waals surface area contributed by atoms with Gasteiger partial charge in [-0.2, -0.15) is 18.4 Å². The highest BCUT2D eigenvalue weighted by Gasteiger charge is 2.33. The van der Waals surface area contributed by atoms with Gasteiger partial charge in [0.25, 0.3) is 0 Å². The average molecular weight is 440 g/mol. The summed E-state index contributed by atoms with van der Waals surface area (Å²) in [5.41, 5.74) is -1.21. The Hall–Kier alpha value is -2.96. The normalized spacial score (nSPS) is 17.6. The molecule has 2 amide bonds. The molecule has 0 aromatic heterocycles. The minimum atomic E-state index is -4.52. The van der Waals surface area contributed by atoms with Crippen LogP contribution in [0.3, 0.4) is 0 Å². The molecule has 1 fully saturated rings. The van der Waals surface area contributed by atoms with Crippen molar-refractivity contribution >= 4 is 17.7 Å². The molecule has 1 aromatic rings. The van der Waals surface area contributed by atoms with Crippen LogP contribution in [0.25, 0.3) is 0 Å². The highest BCUT2D eigenvalue weighted by atomic mass is 19.4. The van der Waals surface area contributed by atoms with Crippen molar-refractivity contribution in [2.45, 2.75) is 64.4 Å². The van der Waals surface area contributed by atoms with Crippen LogP contribution in [-0.4, -0.2) is 42.8 Å². The van der Waals surface area contributed by atoms with Gasteiger partial charge in [0.15, 0.2) is 0 Å². The maximum Gasteiger partial charge on any atom is 0.416 e. The molecule has 2 rings (SSSR count). The summed E-state index contributed by atoms with van der Waals surface area (Å²) in [6, 6.07) is 3.78. The lowest BCUT2D eigenvalue weighted by atomic mass is 10.1. The van der Waals surface area contributed by atoms with Crippen LogP contribution in [-0.2, 0) is 15.7 Å². The second kappa shape index (κ2) is 9.45. The third kappa shape index (κ3) is 6.77. The Morgan fingerprint density at radius 1 is 1.32 bits per heavy atom. The fraction of sp³-hybridized carbons (Fsp3) is 0.571. The number of nitrogens with one attached hydrogen (secondary N) is 2. The Morgan fingerprint density at radius 3 is 2.55 bits per heavy atom. The largest absolute Gasteiger partial charge is 0.444 e. The summed E-state index contributed by atoms with van der Waals surface area (Å²) in [5.74, 6) is -0.398. The van der Waals surface area contributed by atoms with E-state index in [1.807, 2.05) is 6.07 Å². The van der Waals surface area contributed by atoms with Gasteiger partial charge in [-0.3, -0.25) is 4.79 Å². The van der Waals surface area contributed by atoms with E-state index in [1.165, 1.54) is 0 Å². The first-order valence-corrected chi connectivity index (χ1v) is 10.00. The number of benzene rings is 1. The van der Waals surface area contributed by atoms with Gasteiger partial charge in [-0.1, -0.05) is 6.92 Å². The zero-order valence-electron chi connectivity index (χ0n) is 18.0. The number of hydrogen-bond donors (Lipinski definition) is 2. The van der Waals surface area contributed by atoms with Crippen LogP contribution in [0.4, 0.5) is 23.7 Å². The molecule has 2 atom stereocenters. The van der Waals surface area contributed by atoms with Gasteiger partial charge in [0.1, 0.15) is 17.7 Å². The molecule has 0 bridgehead atoms. The summed E-state index contributed by atoms with van der Waals surface area (Å²) in [6.45, 7) is 7.52. The van der Waals surface area contributed by atoms with E-state index in [1.54, 1.807) is 32.6 Å². The van der Waals surface area contributed by atoms with E-state index in [0.29, 0.717) is 19.4 Å². The van der Waals surface area contributed by atoms with Gasteiger partial charge in [-0.15, -0.1) is 0 Å². The first-order chi connectivity index (χ1) is 14.3. The molecule has 0 aliphatic carbocycles. The van der Waals surface area contributed by atoms with Crippen molar-refractivity contribution in [3.63, 3.8) is 0 Å². The van der Waals surface area contributed by atoms with Gasteiger partial charge in [0, 0.05) is 19.1 Å². The Bertz CT molecular complexity index is 859. The topological polar surface area (TPSA) is 94.5 Å². The minimum Gasteiger partial charge on any atom is -0.444 e. The molecule has 1 aliphatic heterocycles. The first-order valence-electron chi connectivity index (χ1n) is 10.00. The fourth-order valence-electron chi connectivity index (χ4n) is 3.27. The third-order valence-corrected chi connectivity index (χ3v) is 4.74. The van der Waals surface area contributed by atoms with Crippen molar-refractivity contribution < 1.29 is 27.5 Å². The zero-order chi connectivity index (χ0) is 23.4. The lowest BCUT2D eigenvalue weighted by molar-refractivity contribution is -0.137. The highest BCUT2D eigenvalue weighted by molar-refractivity contribution is 5.86. The van der Waals surface area contributed by atoms with Crippen LogP contribution in [0.15, 0.2) is 18.2 Å². The quantitative estimate of drug-likeness (QED) is 0.730. The number of rotatable bonds is 5. The summed E-state index contributed by atoms with van der Waals surface area (Å²) < 4.78 is 44.4. The van der Waals surface area contributed by atoms with E-state index in [0.717, 1.165) is 18.2 Å². The predicted molar refractivity (Wildman–Crippen MR) is 108 cm³/mol. The monoisotopic (exact) mass is 440 g/mol. The summed E-state index contributed by atoms with van der Waals surface area (Å²) in [6.07, 6.45) is -4.38. The first kappa shape index (κ1) is 24.3. The van der Waals surface area contributed by atoms with Crippen molar-refractivity contribution in [3.05, 3.63) is 29.3 Å². The van der Waals surface area contributed by atoms with Gasteiger partial charge in [-0.05, 0) is 51.8 Å². The van der Waals surface area contributed by atoms with E-state index in [9.17, 15) is 28.0 Å². The molecule has 1 heterocycles. The molecule has 2 N–H and O–H groups in total. The Kier molecular flexibility index (Phi) is 7.41. The predicted octanol–water partition coefficient (Wildman–Crippen LogP) is 3.58. The van der Waals surface area contributed by atoms with Gasteiger partial charge < -0.3 is 20.3 Å². The number of alkyl carbamates (subject to hydrolysis) is 1. The Labute approximate surface area is 179 Å². The number of anilines is 1. The van der Waals surface area contributed by atoms with Crippen molar-refractivity contribution in [2.75, 3.05) is 18.0 Å². The average Bonchev–Trinajstić information content (AvgIpc) is 3.11. The lowest BCUT2D eigenvalue weighted by Gasteiger charge is -2.24. The van der Waals surface area contributed by atoms with E-state index < -0.39 is 35.4 Å². The molecule has 0 saturated carbocycles. The van der Waals surface area contributed by atoms with Crippen LogP contribution >= 0.6 is 0 Å². The van der Waals surface area contributed by atoms with Crippen molar-refractivity contribution in [1.82, 2.24) is 10.6 Å². The van der Waals surface area contributed by atoms with E-state index >= 15 is 0 Å². The molecular weight excluding hydrogens is 413 g/mol. The molecule has 31 heavy (non-hydrogen) atoms. The second-order valence-corrected chi connectivity index (χ2v) is 8.39. The molecule has 1 aromatic carbocycles. The van der Waals surface area contributed by atoms with E-state index in [4.69, 9.17) is 4.74 Å². The Morgan fingerprint density at radius 2 is 2.00 bits per heavy atom. The smallest absolute Gasteiger partial charge is 0.416 e. The van der Waals surface area contributed by atoms with Crippen molar-refractivity contribution in [1.29, 1.82) is 5.26 Å². The number of halogens is 3. The van der Waals surface area contributed by atoms with Crippen molar-refractivity contribution in [2.24, 2.45) is 0 Å². The van der Waals surface area contributed by atoms with Crippen LogP contribution in [0.5, 0.6) is 0 Å². The highest BCUT2D eigenvalue weighted by Crippen LogP contribution is 2.34. The number of ether oxygens (including phenoxy) is 1. The number of nitrogens with zero attached hydrogens (tertiary/aromatic N) is 2. The van der Waals surface area contributed by atoms with Crippen molar-refractivity contribution in [3.8, 4) is 6.07 Å². The fourth-order valence-corrected chi connectivity index (χ4v) is 3.27. The lowest BCUT2D eigenvalue weighted by Crippen LogP contribution is -2.50. The minimum absolute atomic E-state index is 0.137. The third-order valence-electron chi connectivity index (χ3n) is 4.74. The van der Waals surface area contributed by atoms with E-state index in [-0.39, 0.29) is 23.8 Å². The van der Waals surface area contributed by atoms with Gasteiger partial charge >= 0.3 is 12.3 Å². The van der Waals surface area contributed by atoms with Crippen LogP contribution in [0, 0.1) is 11.3 Å². The van der Waals surface area contributed by atoms with Crippen LogP contribution < -0.4 is 15.5 Å². The molecule has 0 unspecified atom stereocenters. The van der Waals surface area contributed by atoms with Gasteiger partial charge in [-0.25, -0.2) is 4.79 Å². The summed E-state index contributed by atoms with van der Waals surface area (Å²) >= 11 is 0. The number of carbonyl (C=O) groups excluding carboxylic acids is 2. The SMILES string of the molecule is CC[C@H](NC(=O)OC(C)(C)C)C(=O)N[C@H]1CCN(c2cc(C(F)(F)F)ccc2C#N)C1. The van der Waals surface area contributed by atoms with Gasteiger partial charge in [0.2, 0.25) is 5.91 Å². The number of hydrogen-bond acceptors (Lipinski definition) is 5. The number of carbonyl (C=O) groups is 2. The second-order valence-electron chi connectivity index (χ2n) is 8.39. The van der Waals surface area contributed by atoms with Gasteiger partial charge in [0.05, 0.1) is 16.8 Å². The molecule has 7 nitrogen and oxygen atoms in total. The molecule has 170 valence electrons. The van der Waals surface area contributed by atoms with E-state index in [2.05, 4.69) is 10.6 Å². The summed E-state index contributed by atoms with van der Waals surface area (Å²) in [5, 5.41) is 14.6. The summed E-state index contributed by atoms with van der Waals surface area (Å²) in [7, 11) is 0. The molecular formula is C21H27F3N4O3. The Balaban J connectivity index is 2.04. The maximum atomic E-state index is 13.1. The molecule has 10 heteroatoms. The molecule has 0 radical (unpaired) electrons. The zero-order valence-corrected chi connectivity index (χ0v) is 18.0. The molecule has 0 spiro atoms. The number of amides is 2. The number of nitriles is 1. The summed E-state index contributed by atoms with van der Waals surface area (Å²) in [4.78, 5) is 26.2. The number of alkyl halides is 3.